The molecule has 0 aliphatic heterocycles. The molecule has 0 saturated heterocycles. The van der Waals surface area contributed by atoms with Crippen LogP contribution in [-0.2, 0) is 0 Å². The van der Waals surface area contributed by atoms with Gasteiger partial charge in [-0.1, -0.05) is 29.3 Å². The number of hydrogen-bond acceptors (Lipinski definition) is 2. The van der Waals surface area contributed by atoms with Crippen molar-refractivity contribution in [1.29, 1.82) is 0 Å². The minimum atomic E-state index is 0.212. The monoisotopic (exact) mass is 247 g/mol. The lowest BCUT2D eigenvalue weighted by atomic mass is 10.2. The van der Waals surface area contributed by atoms with Crippen molar-refractivity contribution in [3.8, 4) is 5.75 Å². The van der Waals surface area contributed by atoms with Crippen molar-refractivity contribution in [2.75, 3.05) is 6.61 Å². The minimum Gasteiger partial charge on any atom is -0.492 e. The first-order valence-electron chi connectivity index (χ1n) is 4.93. The Kier molecular flexibility index (Phi) is 5.23. The van der Waals surface area contributed by atoms with Crippen LogP contribution in [0.1, 0.15) is 19.8 Å². The highest BCUT2D eigenvalue weighted by atomic mass is 35.5. The second kappa shape index (κ2) is 6.21. The Morgan fingerprint density at radius 2 is 2.13 bits per heavy atom. The first-order chi connectivity index (χ1) is 7.11. The fourth-order valence-corrected chi connectivity index (χ4v) is 1.53. The van der Waals surface area contributed by atoms with Gasteiger partial charge in [0.25, 0.3) is 0 Å². The van der Waals surface area contributed by atoms with Gasteiger partial charge in [-0.15, -0.1) is 0 Å². The van der Waals surface area contributed by atoms with Gasteiger partial charge in [-0.05, 0) is 31.9 Å². The molecule has 0 saturated carbocycles. The van der Waals surface area contributed by atoms with Crippen LogP contribution in [0.3, 0.4) is 0 Å². The van der Waals surface area contributed by atoms with Gasteiger partial charge in [0.15, 0.2) is 0 Å². The third kappa shape index (κ3) is 4.29. The smallest absolute Gasteiger partial charge is 0.139 e. The van der Waals surface area contributed by atoms with Crippen molar-refractivity contribution >= 4 is 23.2 Å². The van der Waals surface area contributed by atoms with Crippen molar-refractivity contribution in [3.63, 3.8) is 0 Å². The average molecular weight is 248 g/mol. The largest absolute Gasteiger partial charge is 0.492 e. The van der Waals surface area contributed by atoms with E-state index in [9.17, 15) is 0 Å². The summed E-state index contributed by atoms with van der Waals surface area (Å²) < 4.78 is 5.50. The first-order valence-corrected chi connectivity index (χ1v) is 5.69. The number of rotatable bonds is 5. The van der Waals surface area contributed by atoms with E-state index in [1.807, 2.05) is 13.0 Å². The molecule has 1 rings (SSSR count). The van der Waals surface area contributed by atoms with E-state index >= 15 is 0 Å². The van der Waals surface area contributed by atoms with Gasteiger partial charge in [0, 0.05) is 6.04 Å². The third-order valence-corrected chi connectivity index (χ3v) is 2.78. The van der Waals surface area contributed by atoms with Crippen LogP contribution in [0.5, 0.6) is 5.75 Å². The highest BCUT2D eigenvalue weighted by molar-refractivity contribution is 6.42. The first kappa shape index (κ1) is 12.6. The molecule has 84 valence electrons. The summed E-state index contributed by atoms with van der Waals surface area (Å²) in [4.78, 5) is 0. The van der Waals surface area contributed by atoms with Crippen LogP contribution in [0, 0.1) is 0 Å². The molecule has 0 fully saturated rings. The summed E-state index contributed by atoms with van der Waals surface area (Å²) in [6, 6.07) is 5.57. The molecule has 0 amide bonds. The quantitative estimate of drug-likeness (QED) is 0.809. The average Bonchev–Trinajstić information content (AvgIpc) is 2.18. The van der Waals surface area contributed by atoms with Gasteiger partial charge in [0.05, 0.1) is 11.6 Å². The van der Waals surface area contributed by atoms with E-state index in [0.29, 0.717) is 22.4 Å². The van der Waals surface area contributed by atoms with E-state index in [1.54, 1.807) is 12.1 Å². The lowest BCUT2D eigenvalue weighted by Gasteiger charge is -2.09. The highest BCUT2D eigenvalue weighted by Crippen LogP contribution is 2.31. The predicted molar refractivity (Wildman–Crippen MR) is 64.8 cm³/mol. The van der Waals surface area contributed by atoms with E-state index in [4.69, 9.17) is 33.7 Å². The van der Waals surface area contributed by atoms with Gasteiger partial charge in [-0.2, -0.15) is 0 Å². The summed E-state index contributed by atoms with van der Waals surface area (Å²) in [5, 5.41) is 0.987. The Hall–Kier alpha value is -0.440. The van der Waals surface area contributed by atoms with E-state index in [2.05, 4.69) is 0 Å². The van der Waals surface area contributed by atoms with Crippen molar-refractivity contribution in [2.45, 2.75) is 25.8 Å². The van der Waals surface area contributed by atoms with Crippen LogP contribution < -0.4 is 10.5 Å². The lowest BCUT2D eigenvalue weighted by molar-refractivity contribution is 0.303. The third-order valence-electron chi connectivity index (χ3n) is 1.98. The summed E-state index contributed by atoms with van der Waals surface area (Å²) in [5.41, 5.74) is 5.62. The lowest BCUT2D eigenvalue weighted by Crippen LogP contribution is -2.15. The number of halogens is 2. The molecule has 2 nitrogen and oxygen atoms in total. The SMILES string of the molecule is CC(N)CCCOc1cccc(Cl)c1Cl. The normalized spacial score (nSPS) is 12.5. The molecule has 0 aliphatic rings. The molecule has 1 aromatic carbocycles. The molecule has 15 heavy (non-hydrogen) atoms. The highest BCUT2D eigenvalue weighted by Gasteiger charge is 2.04. The Balaban J connectivity index is 2.41. The molecular formula is C11H15Cl2NO. The Morgan fingerprint density at radius 3 is 2.80 bits per heavy atom. The zero-order chi connectivity index (χ0) is 11.3. The molecular weight excluding hydrogens is 233 g/mol. The Labute approximate surface area is 100 Å². The molecule has 0 bridgehead atoms. The number of nitrogens with two attached hydrogens (primary N) is 1. The van der Waals surface area contributed by atoms with Crippen LogP contribution >= 0.6 is 23.2 Å². The minimum absolute atomic E-state index is 0.212. The topological polar surface area (TPSA) is 35.2 Å². The van der Waals surface area contributed by atoms with Crippen LogP contribution in [0.4, 0.5) is 0 Å². The summed E-state index contributed by atoms with van der Waals surface area (Å²) in [7, 11) is 0. The van der Waals surface area contributed by atoms with Crippen molar-refractivity contribution in [1.82, 2.24) is 0 Å². The fraction of sp³-hybridized carbons (Fsp3) is 0.455. The van der Waals surface area contributed by atoms with Crippen molar-refractivity contribution in [2.24, 2.45) is 5.73 Å². The number of ether oxygens (including phenoxy) is 1. The predicted octanol–water partition coefficient (Wildman–Crippen LogP) is 3.50. The van der Waals surface area contributed by atoms with Crippen molar-refractivity contribution < 1.29 is 4.74 Å². The van der Waals surface area contributed by atoms with Gasteiger partial charge in [-0.25, -0.2) is 0 Å². The second-order valence-electron chi connectivity index (χ2n) is 3.52. The molecule has 4 heteroatoms. The molecule has 1 aromatic rings. The molecule has 2 N–H and O–H groups in total. The summed E-state index contributed by atoms with van der Waals surface area (Å²) in [5.74, 6) is 0.633. The molecule has 0 spiro atoms. The van der Waals surface area contributed by atoms with E-state index < -0.39 is 0 Å². The van der Waals surface area contributed by atoms with Crippen LogP contribution in [-0.4, -0.2) is 12.6 Å². The fourth-order valence-electron chi connectivity index (χ4n) is 1.18. The van der Waals surface area contributed by atoms with Gasteiger partial charge >= 0.3 is 0 Å². The Morgan fingerprint density at radius 1 is 1.40 bits per heavy atom. The van der Waals surface area contributed by atoms with Crippen LogP contribution in [0.2, 0.25) is 10.0 Å². The number of benzene rings is 1. The van der Waals surface area contributed by atoms with Gasteiger partial charge < -0.3 is 10.5 Å². The molecule has 0 aliphatic carbocycles. The van der Waals surface area contributed by atoms with Crippen LogP contribution in [0.15, 0.2) is 18.2 Å². The van der Waals surface area contributed by atoms with Crippen LogP contribution in [0.25, 0.3) is 0 Å². The molecule has 0 radical (unpaired) electrons. The van der Waals surface area contributed by atoms with E-state index in [1.165, 1.54) is 0 Å². The van der Waals surface area contributed by atoms with Crippen molar-refractivity contribution in [3.05, 3.63) is 28.2 Å². The Bertz CT molecular complexity index is 315. The van der Waals surface area contributed by atoms with E-state index in [-0.39, 0.29) is 6.04 Å². The summed E-state index contributed by atoms with van der Waals surface area (Å²) >= 11 is 11.8. The zero-order valence-electron chi connectivity index (χ0n) is 8.67. The molecule has 0 heterocycles. The zero-order valence-corrected chi connectivity index (χ0v) is 10.2. The van der Waals surface area contributed by atoms with Gasteiger partial charge in [-0.3, -0.25) is 0 Å². The number of hydrogen-bond donors (Lipinski definition) is 1. The second-order valence-corrected chi connectivity index (χ2v) is 4.31. The summed E-state index contributed by atoms with van der Waals surface area (Å²) in [6.07, 6.45) is 1.86. The molecule has 0 aromatic heterocycles. The maximum absolute atomic E-state index is 5.95. The van der Waals surface area contributed by atoms with E-state index in [0.717, 1.165) is 12.8 Å². The maximum Gasteiger partial charge on any atom is 0.139 e. The van der Waals surface area contributed by atoms with Gasteiger partial charge in [0.2, 0.25) is 0 Å². The standard InChI is InChI=1S/C11H15Cl2NO/c1-8(14)4-3-7-15-10-6-2-5-9(12)11(10)13/h2,5-6,8H,3-4,7,14H2,1H3. The maximum atomic E-state index is 5.95. The van der Waals surface area contributed by atoms with Gasteiger partial charge in [0.1, 0.15) is 10.8 Å². The summed E-state index contributed by atoms with van der Waals surface area (Å²) in [6.45, 7) is 2.59. The molecule has 1 atom stereocenters. The molecule has 1 unspecified atom stereocenters.